The van der Waals surface area contributed by atoms with E-state index in [-0.39, 0.29) is 17.2 Å². The molecule has 0 spiro atoms. The number of aromatic hydroxyl groups is 3. The third-order valence-corrected chi connectivity index (χ3v) is 2.49. The lowest BCUT2D eigenvalue weighted by Crippen LogP contribution is -1.84. The number of aryl methyl sites for hydroxylation is 1. The largest absolute Gasteiger partial charge is 0.508 e. The second-order valence-electron chi connectivity index (χ2n) is 3.70. The third-order valence-electron chi connectivity index (χ3n) is 2.49. The van der Waals surface area contributed by atoms with Gasteiger partial charge in [-0.1, -0.05) is 6.07 Å². The van der Waals surface area contributed by atoms with Crippen molar-refractivity contribution in [3.8, 4) is 28.4 Å². The van der Waals surface area contributed by atoms with Gasteiger partial charge < -0.3 is 15.3 Å². The first kappa shape index (κ1) is 10.4. The van der Waals surface area contributed by atoms with Gasteiger partial charge in [-0.25, -0.2) is 0 Å². The van der Waals surface area contributed by atoms with Crippen molar-refractivity contribution in [3.63, 3.8) is 0 Å². The third kappa shape index (κ3) is 1.80. The minimum absolute atomic E-state index is 0.0755. The molecule has 0 aromatic heterocycles. The van der Waals surface area contributed by atoms with Crippen molar-refractivity contribution in [3.05, 3.63) is 42.0 Å². The summed E-state index contributed by atoms with van der Waals surface area (Å²) in [6.45, 7) is 1.87. The Morgan fingerprint density at radius 2 is 1.31 bits per heavy atom. The van der Waals surface area contributed by atoms with Crippen LogP contribution in [0.25, 0.3) is 11.1 Å². The lowest BCUT2D eigenvalue weighted by atomic mass is 9.99. The first-order valence-electron chi connectivity index (χ1n) is 4.90. The zero-order valence-electron chi connectivity index (χ0n) is 8.81. The summed E-state index contributed by atoms with van der Waals surface area (Å²) in [6, 6.07) is 9.21. The van der Waals surface area contributed by atoms with E-state index < -0.39 is 0 Å². The van der Waals surface area contributed by atoms with Crippen LogP contribution in [0.4, 0.5) is 0 Å². The van der Waals surface area contributed by atoms with Gasteiger partial charge in [0.25, 0.3) is 0 Å². The second kappa shape index (κ2) is 3.77. The maximum absolute atomic E-state index is 9.71. The Morgan fingerprint density at radius 3 is 2.00 bits per heavy atom. The van der Waals surface area contributed by atoms with Crippen molar-refractivity contribution >= 4 is 0 Å². The van der Waals surface area contributed by atoms with E-state index >= 15 is 0 Å². The minimum atomic E-state index is 0.0755. The molecule has 0 heterocycles. The SMILES string of the molecule is Cc1ccc(O)cc1-c1cc(O)ccc1O. The average Bonchev–Trinajstić information content (AvgIpc) is 2.25. The van der Waals surface area contributed by atoms with Crippen molar-refractivity contribution in [2.24, 2.45) is 0 Å². The molecule has 0 fully saturated rings. The normalized spacial score (nSPS) is 10.3. The molecule has 3 nitrogen and oxygen atoms in total. The van der Waals surface area contributed by atoms with E-state index in [1.54, 1.807) is 18.2 Å². The average molecular weight is 216 g/mol. The highest BCUT2D eigenvalue weighted by molar-refractivity contribution is 5.75. The summed E-state index contributed by atoms with van der Waals surface area (Å²) in [5.41, 5.74) is 2.13. The molecule has 82 valence electrons. The first-order valence-corrected chi connectivity index (χ1v) is 4.90. The molecule has 0 aliphatic heterocycles. The minimum Gasteiger partial charge on any atom is -0.508 e. The van der Waals surface area contributed by atoms with Gasteiger partial charge in [0.15, 0.2) is 0 Å². The molecule has 3 N–H and O–H groups in total. The Morgan fingerprint density at radius 1 is 0.750 bits per heavy atom. The van der Waals surface area contributed by atoms with E-state index in [0.717, 1.165) is 5.56 Å². The number of hydrogen-bond donors (Lipinski definition) is 3. The molecule has 0 atom stereocenters. The van der Waals surface area contributed by atoms with E-state index in [9.17, 15) is 15.3 Å². The highest BCUT2D eigenvalue weighted by Gasteiger charge is 2.08. The predicted molar refractivity (Wildman–Crippen MR) is 61.6 cm³/mol. The van der Waals surface area contributed by atoms with Gasteiger partial charge in [0.1, 0.15) is 17.2 Å². The Labute approximate surface area is 93.2 Å². The predicted octanol–water partition coefficient (Wildman–Crippen LogP) is 2.78. The zero-order chi connectivity index (χ0) is 11.7. The fraction of sp³-hybridized carbons (Fsp3) is 0.0769. The molecule has 0 aliphatic carbocycles. The molecule has 0 unspecified atom stereocenters. The van der Waals surface area contributed by atoms with Gasteiger partial charge in [-0.3, -0.25) is 0 Å². The molecular formula is C13H12O3. The first-order chi connectivity index (χ1) is 7.58. The molecule has 2 rings (SSSR count). The van der Waals surface area contributed by atoms with Crippen LogP contribution >= 0.6 is 0 Å². The molecule has 0 saturated carbocycles. The number of hydrogen-bond acceptors (Lipinski definition) is 3. The van der Waals surface area contributed by atoms with Crippen molar-refractivity contribution < 1.29 is 15.3 Å². The summed E-state index contributed by atoms with van der Waals surface area (Å²) in [6.07, 6.45) is 0. The van der Waals surface area contributed by atoms with E-state index in [0.29, 0.717) is 11.1 Å². The van der Waals surface area contributed by atoms with Crippen molar-refractivity contribution in [2.75, 3.05) is 0 Å². The Hall–Kier alpha value is -2.16. The molecule has 16 heavy (non-hydrogen) atoms. The van der Waals surface area contributed by atoms with E-state index in [4.69, 9.17) is 0 Å². The van der Waals surface area contributed by atoms with Gasteiger partial charge in [0.05, 0.1) is 0 Å². The quantitative estimate of drug-likeness (QED) is 0.642. The fourth-order valence-electron chi connectivity index (χ4n) is 1.64. The lowest BCUT2D eigenvalue weighted by Gasteiger charge is -2.09. The highest BCUT2D eigenvalue weighted by Crippen LogP contribution is 2.35. The number of rotatable bonds is 1. The summed E-state index contributed by atoms with van der Waals surface area (Å²) >= 11 is 0. The molecular weight excluding hydrogens is 204 g/mol. The van der Waals surface area contributed by atoms with Gasteiger partial charge in [-0.15, -0.1) is 0 Å². The number of phenols is 3. The molecule has 3 heteroatoms. The Kier molecular flexibility index (Phi) is 2.44. The van der Waals surface area contributed by atoms with Crippen LogP contribution in [0.15, 0.2) is 36.4 Å². The smallest absolute Gasteiger partial charge is 0.123 e. The molecule has 2 aromatic carbocycles. The van der Waals surface area contributed by atoms with Gasteiger partial charge in [0, 0.05) is 5.56 Å². The standard InChI is InChI=1S/C13H12O3/c1-8-2-3-9(14)6-11(8)12-7-10(15)4-5-13(12)16/h2-7,14-16H,1H3. The highest BCUT2D eigenvalue weighted by atomic mass is 16.3. The summed E-state index contributed by atoms with van der Waals surface area (Å²) in [5.74, 6) is 0.283. The molecule has 0 bridgehead atoms. The van der Waals surface area contributed by atoms with Crippen LogP contribution in [-0.2, 0) is 0 Å². The molecule has 0 radical (unpaired) electrons. The van der Waals surface area contributed by atoms with Crippen LogP contribution in [0.1, 0.15) is 5.56 Å². The monoisotopic (exact) mass is 216 g/mol. The van der Waals surface area contributed by atoms with E-state index in [2.05, 4.69) is 0 Å². The molecule has 0 saturated heterocycles. The summed E-state index contributed by atoms with van der Waals surface area (Å²) in [7, 11) is 0. The van der Waals surface area contributed by atoms with E-state index in [1.807, 2.05) is 6.92 Å². The topological polar surface area (TPSA) is 60.7 Å². The zero-order valence-corrected chi connectivity index (χ0v) is 8.81. The van der Waals surface area contributed by atoms with Crippen LogP contribution in [-0.4, -0.2) is 15.3 Å². The molecule has 0 amide bonds. The van der Waals surface area contributed by atoms with Crippen LogP contribution in [0.5, 0.6) is 17.2 Å². The number of phenolic OH excluding ortho intramolecular Hbond substituents is 3. The Bertz CT molecular complexity index is 483. The van der Waals surface area contributed by atoms with E-state index in [1.165, 1.54) is 18.2 Å². The van der Waals surface area contributed by atoms with Gasteiger partial charge >= 0.3 is 0 Å². The second-order valence-corrected chi connectivity index (χ2v) is 3.70. The fourth-order valence-corrected chi connectivity index (χ4v) is 1.64. The maximum atomic E-state index is 9.71. The van der Waals surface area contributed by atoms with Crippen LogP contribution in [0, 0.1) is 6.92 Å². The van der Waals surface area contributed by atoms with Crippen LogP contribution in [0.3, 0.4) is 0 Å². The lowest BCUT2D eigenvalue weighted by molar-refractivity contribution is 0.461. The van der Waals surface area contributed by atoms with Crippen LogP contribution < -0.4 is 0 Å². The number of benzene rings is 2. The Balaban J connectivity index is 2.66. The van der Waals surface area contributed by atoms with Gasteiger partial charge in [0.2, 0.25) is 0 Å². The maximum Gasteiger partial charge on any atom is 0.123 e. The van der Waals surface area contributed by atoms with Crippen molar-refractivity contribution in [2.45, 2.75) is 6.92 Å². The molecule has 2 aromatic rings. The summed E-state index contributed by atoms with van der Waals surface area (Å²) < 4.78 is 0. The van der Waals surface area contributed by atoms with Crippen molar-refractivity contribution in [1.29, 1.82) is 0 Å². The molecule has 0 aliphatic rings. The van der Waals surface area contributed by atoms with Gasteiger partial charge in [-0.05, 0) is 48.4 Å². The summed E-state index contributed by atoms with van der Waals surface area (Å²) in [4.78, 5) is 0. The van der Waals surface area contributed by atoms with Crippen molar-refractivity contribution in [1.82, 2.24) is 0 Å². The van der Waals surface area contributed by atoms with Gasteiger partial charge in [-0.2, -0.15) is 0 Å². The van der Waals surface area contributed by atoms with Crippen LogP contribution in [0.2, 0.25) is 0 Å². The summed E-state index contributed by atoms with van der Waals surface area (Å²) in [5, 5.41) is 28.5.